The number of carbonyl (C=O) groups excluding carboxylic acids is 6. The molecule has 0 radical (unpaired) electrons. The number of alkyl carbamates (subject to hydrolysis) is 2. The summed E-state index contributed by atoms with van der Waals surface area (Å²) in [6, 6.07) is 0. The summed E-state index contributed by atoms with van der Waals surface area (Å²) in [7, 11) is 0. The molecule has 6 rings (SSSR count). The number of rotatable bonds is 10. The molecule has 0 aromatic carbocycles. The molecule has 0 aliphatic carbocycles. The molecule has 0 spiro atoms. The number of carbonyl (C=O) groups is 6. The van der Waals surface area contributed by atoms with Gasteiger partial charge < -0.3 is 30.7 Å². The van der Waals surface area contributed by atoms with E-state index in [1.165, 1.54) is 23.5 Å². The van der Waals surface area contributed by atoms with Gasteiger partial charge in [0, 0.05) is 22.2 Å². The molecule has 6 heterocycles. The topological polar surface area (TPSA) is 217 Å². The minimum Gasteiger partial charge on any atom is -0.449 e. The Morgan fingerprint density at radius 2 is 1.27 bits per heavy atom. The Morgan fingerprint density at radius 3 is 1.83 bits per heavy atom. The van der Waals surface area contributed by atoms with E-state index in [-0.39, 0.29) is 65.8 Å². The number of ether oxygens (including phenoxy) is 2. The van der Waals surface area contributed by atoms with Gasteiger partial charge in [0.05, 0.1) is 47.6 Å². The van der Waals surface area contributed by atoms with E-state index in [4.69, 9.17) is 9.47 Å². The lowest BCUT2D eigenvalue weighted by Crippen LogP contribution is -2.52. The molecule has 12 unspecified atom stereocenters. The molecule has 0 aromatic heterocycles. The lowest BCUT2D eigenvalue weighted by atomic mass is 10.0. The van der Waals surface area contributed by atoms with Crippen molar-refractivity contribution in [3.05, 3.63) is 0 Å². The quantitative estimate of drug-likeness (QED) is 0.153. The predicted octanol–water partition coefficient (Wildman–Crippen LogP) is 0.827. The van der Waals surface area contributed by atoms with Crippen molar-refractivity contribution >= 4 is 82.9 Å². The van der Waals surface area contributed by atoms with Crippen molar-refractivity contribution in [3.8, 4) is 0 Å². The lowest BCUT2D eigenvalue weighted by molar-refractivity contribution is -0.127. The third-order valence-corrected chi connectivity index (χ3v) is 15.3. The van der Waals surface area contributed by atoms with E-state index >= 15 is 0 Å². The number of imide groups is 2. The largest absolute Gasteiger partial charge is 0.449 e. The fourth-order valence-corrected chi connectivity index (χ4v) is 12.7. The number of thioether (sulfide) groups is 4. The van der Waals surface area contributed by atoms with Crippen molar-refractivity contribution in [2.75, 3.05) is 19.7 Å². The second kappa shape index (κ2) is 18.1. The fraction of sp³-hybridized carbons (Fsp3) is 0.806. The predicted molar refractivity (Wildman–Crippen MR) is 196 cm³/mol. The van der Waals surface area contributed by atoms with Gasteiger partial charge in [-0.1, -0.05) is 11.8 Å². The molecule has 21 heteroatoms. The van der Waals surface area contributed by atoms with Crippen LogP contribution in [0.15, 0.2) is 0 Å². The Hall–Kier alpha value is -2.01. The Labute approximate surface area is 318 Å². The van der Waals surface area contributed by atoms with Gasteiger partial charge in [-0.3, -0.25) is 40.4 Å². The van der Waals surface area contributed by atoms with E-state index in [0.717, 1.165) is 50.5 Å². The number of alkyl halides is 1. The summed E-state index contributed by atoms with van der Waals surface area (Å²) in [5.41, 5.74) is -1.39. The molecule has 6 amide bonds. The zero-order valence-electron chi connectivity index (χ0n) is 28.9. The molecule has 0 bridgehead atoms. The molecule has 0 aromatic rings. The molecular formula is C31H47FN8O8S4. The van der Waals surface area contributed by atoms with Gasteiger partial charge in [-0.2, -0.15) is 0 Å². The fourth-order valence-electron chi connectivity index (χ4n) is 7.10. The highest BCUT2D eigenvalue weighted by Crippen LogP contribution is 2.41. The summed E-state index contributed by atoms with van der Waals surface area (Å²) in [6.45, 7) is 4.95. The second-order valence-electron chi connectivity index (χ2n) is 13.8. The summed E-state index contributed by atoms with van der Waals surface area (Å²) in [5, 5.41) is 21.2. The SMILES string of the molecule is CC(C)OC(=O)NC(=O)C1CC(CCOC(=O)NC(=O)C2CC(F)SC2NC(=O)C2NC3NCCCC3S2)SC1NC(=O)C1NC2NCCCC2S1. The molecule has 0 saturated carbocycles. The van der Waals surface area contributed by atoms with Crippen molar-refractivity contribution < 1.29 is 42.6 Å². The molecule has 290 valence electrons. The Bertz CT molecular complexity index is 1350. The molecule has 6 fully saturated rings. The minimum atomic E-state index is -1.39. The van der Waals surface area contributed by atoms with Crippen LogP contribution in [0.1, 0.15) is 58.8 Å². The lowest BCUT2D eigenvalue weighted by Gasteiger charge is -2.24. The highest BCUT2D eigenvalue weighted by molar-refractivity contribution is 8.02. The molecule has 8 N–H and O–H groups in total. The highest BCUT2D eigenvalue weighted by Gasteiger charge is 2.46. The Morgan fingerprint density at radius 1 is 0.731 bits per heavy atom. The molecule has 6 aliphatic rings. The molecular weight excluding hydrogens is 760 g/mol. The maximum Gasteiger partial charge on any atom is 0.414 e. The molecule has 6 saturated heterocycles. The Kier molecular flexibility index (Phi) is 13.8. The van der Waals surface area contributed by atoms with Gasteiger partial charge >= 0.3 is 12.2 Å². The first-order valence-corrected chi connectivity index (χ1v) is 21.5. The van der Waals surface area contributed by atoms with Crippen molar-refractivity contribution in [2.45, 2.75) is 120 Å². The summed E-state index contributed by atoms with van der Waals surface area (Å²) in [5.74, 6) is -3.68. The first kappa shape index (κ1) is 39.7. The minimum absolute atomic E-state index is 0.0211. The van der Waals surface area contributed by atoms with E-state index in [1.807, 2.05) is 0 Å². The number of hydrogen-bond acceptors (Lipinski definition) is 16. The Balaban J connectivity index is 0.972. The van der Waals surface area contributed by atoms with Gasteiger partial charge in [0.25, 0.3) is 0 Å². The maximum absolute atomic E-state index is 14.4. The highest BCUT2D eigenvalue weighted by atomic mass is 32.2. The van der Waals surface area contributed by atoms with Gasteiger partial charge in [-0.15, -0.1) is 35.3 Å². The molecule has 6 aliphatic heterocycles. The third kappa shape index (κ3) is 10.2. The van der Waals surface area contributed by atoms with E-state index in [2.05, 4.69) is 42.5 Å². The average Bonchev–Trinajstić information content (AvgIpc) is 3.88. The van der Waals surface area contributed by atoms with Crippen LogP contribution in [0.25, 0.3) is 0 Å². The maximum atomic E-state index is 14.4. The monoisotopic (exact) mass is 806 g/mol. The number of halogens is 1. The molecule has 16 nitrogen and oxygen atoms in total. The summed E-state index contributed by atoms with van der Waals surface area (Å²) in [4.78, 5) is 77.4. The van der Waals surface area contributed by atoms with Crippen LogP contribution in [-0.4, -0.2) is 117 Å². The standard InChI is InChI=1S/C31H47FN8O8S4/c1-13(2)48-31(46)40-22(41)15-11-14(49-26(15)37-24(43)28-35-20-17(50-28)5-3-8-33-20)7-10-47-30(45)39-23(42)16-12-19(32)52-27(16)38-25(44)29-36-21-18(51-29)6-4-9-34-21/h13-21,26-29,33-36H,3-12H2,1-2H3,(H,37,43)(H,38,44)(H,39,42,45)(H,40,41,46). The first-order chi connectivity index (χ1) is 24.9. The van der Waals surface area contributed by atoms with Crippen LogP contribution < -0.4 is 42.5 Å². The summed E-state index contributed by atoms with van der Waals surface area (Å²) in [6.07, 6.45) is 2.15. The zero-order chi connectivity index (χ0) is 36.9. The van der Waals surface area contributed by atoms with Gasteiger partial charge in [-0.25, -0.2) is 14.0 Å². The zero-order valence-corrected chi connectivity index (χ0v) is 32.1. The number of fused-ring (bicyclic) bond motifs is 2. The number of amides is 6. The van der Waals surface area contributed by atoms with Crippen molar-refractivity contribution in [2.24, 2.45) is 11.8 Å². The van der Waals surface area contributed by atoms with Crippen LogP contribution in [-0.2, 0) is 28.7 Å². The second-order valence-corrected chi connectivity index (χ2v) is 19.2. The number of hydrogen-bond donors (Lipinski definition) is 8. The van der Waals surface area contributed by atoms with Crippen molar-refractivity contribution in [3.63, 3.8) is 0 Å². The van der Waals surface area contributed by atoms with Crippen LogP contribution >= 0.6 is 47.0 Å². The summed E-state index contributed by atoms with van der Waals surface area (Å²) >= 11 is 5.23. The first-order valence-electron chi connectivity index (χ1n) is 17.8. The number of piperidine rings is 2. The molecule has 12 atom stereocenters. The van der Waals surface area contributed by atoms with E-state index in [9.17, 15) is 33.2 Å². The van der Waals surface area contributed by atoms with Gasteiger partial charge in [0.2, 0.25) is 23.6 Å². The van der Waals surface area contributed by atoms with Gasteiger partial charge in [0.1, 0.15) is 16.3 Å². The van der Waals surface area contributed by atoms with E-state index < -0.39 is 68.9 Å². The van der Waals surface area contributed by atoms with Crippen LogP contribution in [0.2, 0.25) is 0 Å². The van der Waals surface area contributed by atoms with Crippen LogP contribution in [0.4, 0.5) is 14.0 Å². The smallest absolute Gasteiger partial charge is 0.414 e. The average molecular weight is 807 g/mol. The van der Waals surface area contributed by atoms with Gasteiger partial charge in [0.15, 0.2) is 0 Å². The molecule has 52 heavy (non-hydrogen) atoms. The summed E-state index contributed by atoms with van der Waals surface area (Å²) < 4.78 is 24.8. The van der Waals surface area contributed by atoms with E-state index in [0.29, 0.717) is 0 Å². The van der Waals surface area contributed by atoms with Crippen LogP contribution in [0, 0.1) is 11.8 Å². The number of nitrogens with one attached hydrogen (secondary N) is 8. The van der Waals surface area contributed by atoms with Crippen molar-refractivity contribution in [1.82, 2.24) is 42.5 Å². The van der Waals surface area contributed by atoms with Crippen LogP contribution in [0.5, 0.6) is 0 Å². The normalized spacial score (nSPS) is 36.7. The third-order valence-electron chi connectivity index (χ3n) is 9.59. The van der Waals surface area contributed by atoms with Crippen LogP contribution in [0.3, 0.4) is 0 Å². The van der Waals surface area contributed by atoms with E-state index in [1.54, 1.807) is 25.6 Å². The van der Waals surface area contributed by atoms with Gasteiger partial charge in [-0.05, 0) is 65.5 Å². The van der Waals surface area contributed by atoms with Crippen molar-refractivity contribution in [1.29, 1.82) is 0 Å².